The summed E-state index contributed by atoms with van der Waals surface area (Å²) < 4.78 is 5.25. The van der Waals surface area contributed by atoms with E-state index in [9.17, 15) is 9.90 Å². The number of aliphatic hydroxyl groups is 1. The number of benzene rings is 1. The molecule has 5 nitrogen and oxygen atoms in total. The fraction of sp³-hybridized carbons (Fsp3) is 0.696. The molecule has 1 N–H and O–H groups in total. The summed E-state index contributed by atoms with van der Waals surface area (Å²) >= 11 is 0. The Balaban J connectivity index is 1.41. The average Bonchev–Trinajstić information content (AvgIpc) is 2.97. The van der Waals surface area contributed by atoms with Crippen molar-refractivity contribution in [3.8, 4) is 5.75 Å². The molecule has 0 aromatic heterocycles. The number of ether oxygens (including phenoxy) is 1. The van der Waals surface area contributed by atoms with Gasteiger partial charge in [0.25, 0.3) is 0 Å². The number of likely N-dealkylation sites (N-methyl/N-ethyl adjacent to an activating group) is 1. The number of carbonyl (C=O) groups is 1. The standard InChI is InChI=1S/C23H34N2O3/c1-24(18-6-4-3-5-7-18)22(26)16-25-19-10-11-20(25)15-23(27,14-19)17-8-12-21(28-2)13-9-17/h8-9,12-13,18-20,27H,3-7,10-11,14-16H2,1-2H3. The molecular formula is C23H34N2O3. The summed E-state index contributed by atoms with van der Waals surface area (Å²) in [6, 6.07) is 8.80. The summed E-state index contributed by atoms with van der Waals surface area (Å²) in [4.78, 5) is 17.3. The van der Waals surface area contributed by atoms with Crippen LogP contribution < -0.4 is 4.74 Å². The molecule has 2 aliphatic heterocycles. The quantitative estimate of drug-likeness (QED) is 0.844. The van der Waals surface area contributed by atoms with E-state index >= 15 is 0 Å². The van der Waals surface area contributed by atoms with Gasteiger partial charge in [-0.3, -0.25) is 9.69 Å². The van der Waals surface area contributed by atoms with Gasteiger partial charge in [-0.05, 0) is 56.2 Å². The fourth-order valence-electron chi connectivity index (χ4n) is 5.65. The third-order valence-electron chi connectivity index (χ3n) is 7.38. The third-order valence-corrected chi connectivity index (χ3v) is 7.38. The van der Waals surface area contributed by atoms with Crippen LogP contribution in [0.25, 0.3) is 0 Å². The predicted octanol–water partition coefficient (Wildman–Crippen LogP) is 3.30. The first-order chi connectivity index (χ1) is 13.5. The number of carbonyl (C=O) groups excluding carboxylic acids is 1. The minimum atomic E-state index is -0.799. The number of fused-ring (bicyclic) bond motifs is 2. The molecule has 1 saturated carbocycles. The van der Waals surface area contributed by atoms with Gasteiger partial charge in [-0.25, -0.2) is 0 Å². The highest BCUT2D eigenvalue weighted by Gasteiger charge is 2.48. The van der Waals surface area contributed by atoms with Crippen LogP contribution >= 0.6 is 0 Å². The zero-order chi connectivity index (χ0) is 19.7. The zero-order valence-electron chi connectivity index (χ0n) is 17.3. The normalized spacial score (nSPS) is 31.0. The van der Waals surface area contributed by atoms with Gasteiger partial charge in [0.05, 0.1) is 19.3 Å². The summed E-state index contributed by atoms with van der Waals surface area (Å²) in [5.74, 6) is 1.06. The van der Waals surface area contributed by atoms with Crippen molar-refractivity contribution < 1.29 is 14.6 Å². The van der Waals surface area contributed by atoms with Crippen molar-refractivity contribution in [2.75, 3.05) is 20.7 Å². The summed E-state index contributed by atoms with van der Waals surface area (Å²) in [7, 11) is 3.64. The van der Waals surface area contributed by atoms with Crippen molar-refractivity contribution in [1.82, 2.24) is 9.80 Å². The van der Waals surface area contributed by atoms with Crippen molar-refractivity contribution in [2.45, 2.75) is 81.5 Å². The number of methoxy groups -OCH3 is 1. The van der Waals surface area contributed by atoms with E-state index in [1.165, 1.54) is 19.3 Å². The van der Waals surface area contributed by atoms with E-state index in [4.69, 9.17) is 4.74 Å². The van der Waals surface area contributed by atoms with Gasteiger partial charge in [-0.15, -0.1) is 0 Å². The van der Waals surface area contributed by atoms with Gasteiger partial charge in [-0.2, -0.15) is 0 Å². The van der Waals surface area contributed by atoms with Crippen LogP contribution in [0.15, 0.2) is 24.3 Å². The molecule has 3 aliphatic rings. The van der Waals surface area contributed by atoms with Gasteiger partial charge < -0.3 is 14.7 Å². The van der Waals surface area contributed by atoms with Gasteiger partial charge >= 0.3 is 0 Å². The van der Waals surface area contributed by atoms with Crippen molar-refractivity contribution in [3.05, 3.63) is 29.8 Å². The molecule has 2 bridgehead atoms. The van der Waals surface area contributed by atoms with E-state index in [0.29, 0.717) is 25.4 Å². The summed E-state index contributed by atoms with van der Waals surface area (Å²) in [5, 5.41) is 11.4. The Hall–Kier alpha value is -1.59. The SMILES string of the molecule is COc1ccc(C2(O)CC3CCC(C2)N3CC(=O)N(C)C2CCCCC2)cc1. The van der Waals surface area contributed by atoms with Crippen molar-refractivity contribution in [2.24, 2.45) is 0 Å². The summed E-state index contributed by atoms with van der Waals surface area (Å²) in [6.07, 6.45) is 9.63. The predicted molar refractivity (Wildman–Crippen MR) is 109 cm³/mol. The fourth-order valence-corrected chi connectivity index (χ4v) is 5.65. The van der Waals surface area contributed by atoms with E-state index in [1.807, 2.05) is 36.2 Å². The number of hydrogen-bond acceptors (Lipinski definition) is 4. The maximum atomic E-state index is 12.9. The molecule has 1 aliphatic carbocycles. The van der Waals surface area contributed by atoms with Gasteiger partial charge in [-0.1, -0.05) is 31.4 Å². The summed E-state index contributed by atoms with van der Waals surface area (Å²) in [5.41, 5.74) is 0.169. The lowest BCUT2D eigenvalue weighted by Gasteiger charge is -2.44. The molecule has 0 spiro atoms. The minimum Gasteiger partial charge on any atom is -0.497 e. The van der Waals surface area contributed by atoms with Crippen LogP contribution in [-0.4, -0.2) is 59.6 Å². The molecule has 4 rings (SSSR count). The molecule has 0 radical (unpaired) electrons. The van der Waals surface area contributed by atoms with Gasteiger partial charge in [0.2, 0.25) is 5.91 Å². The van der Waals surface area contributed by atoms with Crippen LogP contribution in [0.5, 0.6) is 5.75 Å². The van der Waals surface area contributed by atoms with E-state index in [2.05, 4.69) is 4.90 Å². The number of nitrogens with zero attached hydrogens (tertiary/aromatic N) is 2. The monoisotopic (exact) mass is 386 g/mol. The molecule has 5 heteroatoms. The molecule has 154 valence electrons. The molecule has 28 heavy (non-hydrogen) atoms. The lowest BCUT2D eigenvalue weighted by Crippen LogP contribution is -2.53. The van der Waals surface area contributed by atoms with Crippen molar-refractivity contribution >= 4 is 5.91 Å². The Morgan fingerprint density at radius 1 is 1.11 bits per heavy atom. The molecule has 2 atom stereocenters. The highest BCUT2D eigenvalue weighted by molar-refractivity contribution is 5.78. The lowest BCUT2D eigenvalue weighted by atomic mass is 9.80. The van der Waals surface area contributed by atoms with Crippen LogP contribution in [0.4, 0.5) is 0 Å². The zero-order valence-corrected chi connectivity index (χ0v) is 17.3. The van der Waals surface area contributed by atoms with Gasteiger partial charge in [0.1, 0.15) is 5.75 Å². The van der Waals surface area contributed by atoms with E-state index in [-0.39, 0.29) is 18.0 Å². The molecule has 1 aromatic rings. The Kier molecular flexibility index (Phi) is 5.66. The largest absolute Gasteiger partial charge is 0.497 e. The summed E-state index contributed by atoms with van der Waals surface area (Å²) in [6.45, 7) is 0.501. The molecule has 1 amide bonds. The van der Waals surface area contributed by atoms with E-state index in [1.54, 1.807) is 7.11 Å². The number of hydrogen-bond donors (Lipinski definition) is 1. The topological polar surface area (TPSA) is 53.0 Å². The first-order valence-corrected chi connectivity index (χ1v) is 10.9. The molecule has 1 aromatic carbocycles. The average molecular weight is 387 g/mol. The molecule has 2 saturated heterocycles. The van der Waals surface area contributed by atoms with Crippen LogP contribution in [-0.2, 0) is 10.4 Å². The van der Waals surface area contributed by atoms with Crippen LogP contribution in [0.3, 0.4) is 0 Å². The lowest BCUT2D eigenvalue weighted by molar-refractivity contribution is -0.137. The minimum absolute atomic E-state index is 0.249. The Bertz CT molecular complexity index is 670. The Morgan fingerprint density at radius 2 is 1.71 bits per heavy atom. The van der Waals surface area contributed by atoms with Crippen molar-refractivity contribution in [1.29, 1.82) is 0 Å². The molecule has 2 unspecified atom stereocenters. The second-order valence-corrected chi connectivity index (χ2v) is 9.02. The van der Waals surface area contributed by atoms with Crippen LogP contribution in [0.1, 0.15) is 63.4 Å². The smallest absolute Gasteiger partial charge is 0.236 e. The Morgan fingerprint density at radius 3 is 2.29 bits per heavy atom. The molecule has 2 heterocycles. The number of amides is 1. The third kappa shape index (κ3) is 3.79. The first kappa shape index (κ1) is 19.7. The van der Waals surface area contributed by atoms with E-state index < -0.39 is 5.60 Å². The van der Waals surface area contributed by atoms with Gasteiger partial charge in [0.15, 0.2) is 0 Å². The van der Waals surface area contributed by atoms with Crippen LogP contribution in [0, 0.1) is 0 Å². The maximum Gasteiger partial charge on any atom is 0.236 e. The maximum absolute atomic E-state index is 12.9. The highest BCUT2D eigenvalue weighted by atomic mass is 16.5. The number of piperidine rings is 1. The molecule has 3 fully saturated rings. The first-order valence-electron chi connectivity index (χ1n) is 10.9. The van der Waals surface area contributed by atoms with Gasteiger partial charge in [0, 0.05) is 25.2 Å². The second kappa shape index (κ2) is 8.03. The number of rotatable bonds is 5. The highest BCUT2D eigenvalue weighted by Crippen LogP contribution is 2.45. The van der Waals surface area contributed by atoms with Crippen molar-refractivity contribution in [3.63, 3.8) is 0 Å². The Labute approximate surface area is 168 Å². The van der Waals surface area contributed by atoms with E-state index in [0.717, 1.165) is 37.0 Å². The second-order valence-electron chi connectivity index (χ2n) is 9.02. The molecular weight excluding hydrogens is 352 g/mol. The van der Waals surface area contributed by atoms with Crippen LogP contribution in [0.2, 0.25) is 0 Å².